The molecule has 3 unspecified atom stereocenters. The summed E-state index contributed by atoms with van der Waals surface area (Å²) < 4.78 is 5.41. The highest BCUT2D eigenvalue weighted by Gasteiger charge is 2.70. The number of hydrogen-bond acceptors (Lipinski definition) is 8. The van der Waals surface area contributed by atoms with Crippen LogP contribution in [-0.2, 0) is 28.8 Å². The first-order valence-corrected chi connectivity index (χ1v) is 18.4. The first kappa shape index (κ1) is 41.5. The number of unbranched alkanes of at least 4 members (excludes halogenated alkanes) is 1. The molecule has 0 radical (unpaired) electrons. The zero-order chi connectivity index (χ0) is 40.0. The molecule has 0 aromatic heterocycles. The van der Waals surface area contributed by atoms with Gasteiger partial charge in [0.15, 0.2) is 0 Å². The summed E-state index contributed by atoms with van der Waals surface area (Å²) in [5.41, 5.74) is -0.470. The molecule has 1 saturated carbocycles. The number of carbonyl (C=O) groups excluding carboxylic acids is 7. The van der Waals surface area contributed by atoms with Crippen LogP contribution in [0.25, 0.3) is 0 Å². The second kappa shape index (κ2) is 17.3. The topological polar surface area (TPSA) is 183 Å². The van der Waals surface area contributed by atoms with Crippen LogP contribution >= 0.6 is 0 Å². The van der Waals surface area contributed by atoms with Crippen molar-refractivity contribution in [2.45, 2.75) is 85.0 Å². The minimum Gasteiger partial charge on any atom is -0.410 e. The predicted octanol–water partition coefficient (Wildman–Crippen LogP) is 2.98. The minimum absolute atomic E-state index is 0.0137. The summed E-state index contributed by atoms with van der Waals surface area (Å²) in [6.07, 6.45) is 0.531. The van der Waals surface area contributed by atoms with Crippen LogP contribution in [0.3, 0.4) is 0 Å². The Hall–Kier alpha value is -5.27. The maximum atomic E-state index is 14.3. The zero-order valence-electron chi connectivity index (χ0n) is 32.4. The van der Waals surface area contributed by atoms with Crippen LogP contribution < -0.4 is 26.0 Å². The molecule has 0 spiro atoms. The van der Waals surface area contributed by atoms with Gasteiger partial charge in [-0.15, -0.1) is 0 Å². The Bertz CT molecular complexity index is 1710. The van der Waals surface area contributed by atoms with Gasteiger partial charge in [0.2, 0.25) is 29.4 Å². The molecule has 1 saturated heterocycles. The summed E-state index contributed by atoms with van der Waals surface area (Å²) in [5.74, 6) is -4.00. The standard InChI is InChI=1S/C40H54N6O8/c1-9-10-21-27(32(48)35(50)41-22-28(47)43-30(36(51)45(7)8)24-17-13-11-14-18-24)42-34(49)31-29-26(40(29,5)6)23-46(31)37(52)33(39(2,3)4)44-38(53)54-25-19-15-12-16-20-25/h11-20,26-27,29-31,33H,9-10,21-23H2,1-8H3,(H,41,50)(H,42,49)(H,43,47)(H,44,53)/t26?,27?,29?,30-,31-,33+/m0/s1. The summed E-state index contributed by atoms with van der Waals surface area (Å²) in [6.45, 7) is 11.0. The number of hydrogen-bond donors (Lipinski definition) is 4. The molecule has 14 nitrogen and oxygen atoms in total. The molecule has 2 aromatic rings. The number of Topliss-reactive ketones (excluding diaryl/α,β-unsaturated/α-hetero) is 1. The van der Waals surface area contributed by atoms with E-state index in [2.05, 4.69) is 21.3 Å². The lowest BCUT2D eigenvalue weighted by molar-refractivity contribution is -0.145. The fourth-order valence-electron chi connectivity index (χ4n) is 7.11. The lowest BCUT2D eigenvalue weighted by Gasteiger charge is -2.37. The fraction of sp³-hybridized carbons (Fsp3) is 0.525. The third kappa shape index (κ3) is 9.83. The van der Waals surface area contributed by atoms with Gasteiger partial charge in [0.1, 0.15) is 23.9 Å². The van der Waals surface area contributed by atoms with E-state index < -0.39 is 71.6 Å². The number of amides is 6. The van der Waals surface area contributed by atoms with E-state index in [9.17, 15) is 33.6 Å². The number of carbonyl (C=O) groups is 7. The van der Waals surface area contributed by atoms with E-state index in [0.29, 0.717) is 24.2 Å². The molecular weight excluding hydrogens is 692 g/mol. The summed E-state index contributed by atoms with van der Waals surface area (Å²) in [4.78, 5) is 96.6. The van der Waals surface area contributed by atoms with Crippen molar-refractivity contribution in [3.8, 4) is 5.75 Å². The number of ketones is 1. The summed E-state index contributed by atoms with van der Waals surface area (Å²) in [5, 5.41) is 10.4. The monoisotopic (exact) mass is 746 g/mol. The number of piperidine rings is 1. The number of rotatable bonds is 15. The van der Waals surface area contributed by atoms with E-state index >= 15 is 0 Å². The average Bonchev–Trinajstić information content (AvgIpc) is 3.43. The lowest BCUT2D eigenvalue weighted by Crippen LogP contribution is -2.60. The number of likely N-dealkylation sites (tertiary alicyclic amines) is 1. The molecule has 2 aromatic carbocycles. The Labute approximate surface area is 317 Å². The van der Waals surface area contributed by atoms with Crippen LogP contribution in [0.15, 0.2) is 60.7 Å². The van der Waals surface area contributed by atoms with Crippen LogP contribution in [0.2, 0.25) is 0 Å². The molecule has 14 heteroatoms. The number of ether oxygens (including phenoxy) is 1. The van der Waals surface area contributed by atoms with Gasteiger partial charge in [-0.05, 0) is 46.8 Å². The van der Waals surface area contributed by atoms with Gasteiger partial charge in [-0.1, -0.05) is 103 Å². The minimum atomic E-state index is -1.22. The van der Waals surface area contributed by atoms with Crippen molar-refractivity contribution in [2.24, 2.45) is 22.7 Å². The number of para-hydroxylation sites is 1. The fourth-order valence-corrected chi connectivity index (χ4v) is 7.11. The van der Waals surface area contributed by atoms with Crippen molar-refractivity contribution >= 4 is 41.4 Å². The van der Waals surface area contributed by atoms with Crippen molar-refractivity contribution in [1.82, 2.24) is 31.1 Å². The highest BCUT2D eigenvalue weighted by molar-refractivity contribution is 6.38. The second-order valence-corrected chi connectivity index (χ2v) is 15.9. The Balaban J connectivity index is 1.46. The van der Waals surface area contributed by atoms with Crippen molar-refractivity contribution in [3.05, 3.63) is 66.2 Å². The molecule has 2 fully saturated rings. The number of nitrogens with one attached hydrogen (secondary N) is 4. The number of nitrogens with zero attached hydrogens (tertiary/aromatic N) is 2. The molecule has 54 heavy (non-hydrogen) atoms. The van der Waals surface area contributed by atoms with E-state index in [1.165, 1.54) is 9.80 Å². The van der Waals surface area contributed by atoms with Gasteiger partial charge >= 0.3 is 6.09 Å². The first-order chi connectivity index (χ1) is 25.4. The molecule has 4 rings (SSSR count). The van der Waals surface area contributed by atoms with Gasteiger partial charge in [-0.2, -0.15) is 0 Å². The Morgan fingerprint density at radius 3 is 2.09 bits per heavy atom. The summed E-state index contributed by atoms with van der Waals surface area (Å²) in [6, 6.07) is 12.8. The molecule has 1 aliphatic heterocycles. The highest BCUT2D eigenvalue weighted by Crippen LogP contribution is 2.65. The molecule has 0 bridgehead atoms. The SMILES string of the molecule is CCCCC(NC(=O)[C@@H]1C2C(CN1C(=O)[C@@H](NC(=O)Oc1ccccc1)C(C)(C)C)C2(C)C)C(=O)C(=O)NCC(=O)N[C@H](C(=O)N(C)C)c1ccccc1. The first-order valence-electron chi connectivity index (χ1n) is 18.4. The van der Waals surface area contributed by atoms with Gasteiger partial charge in [-0.25, -0.2) is 4.79 Å². The highest BCUT2D eigenvalue weighted by atomic mass is 16.6. The molecule has 6 amide bonds. The van der Waals surface area contributed by atoms with E-state index in [0.717, 1.165) is 0 Å². The Kier molecular flexibility index (Phi) is 13.3. The van der Waals surface area contributed by atoms with Gasteiger partial charge in [0, 0.05) is 20.6 Å². The predicted molar refractivity (Wildman–Crippen MR) is 201 cm³/mol. The van der Waals surface area contributed by atoms with Crippen LogP contribution in [0.1, 0.15) is 72.4 Å². The van der Waals surface area contributed by atoms with Crippen molar-refractivity contribution in [1.29, 1.82) is 0 Å². The Morgan fingerprint density at radius 2 is 1.52 bits per heavy atom. The van der Waals surface area contributed by atoms with Crippen molar-refractivity contribution in [3.63, 3.8) is 0 Å². The largest absolute Gasteiger partial charge is 0.413 e. The Morgan fingerprint density at radius 1 is 0.907 bits per heavy atom. The molecule has 292 valence electrons. The second-order valence-electron chi connectivity index (χ2n) is 15.9. The molecule has 2 aliphatic rings. The van der Waals surface area contributed by atoms with Crippen molar-refractivity contribution in [2.75, 3.05) is 27.2 Å². The molecule has 1 heterocycles. The maximum absolute atomic E-state index is 14.3. The number of benzene rings is 2. The van der Waals surface area contributed by atoms with E-state index in [4.69, 9.17) is 4.74 Å². The smallest absolute Gasteiger partial charge is 0.410 e. The van der Waals surface area contributed by atoms with Crippen LogP contribution in [-0.4, -0.2) is 96.5 Å². The van der Waals surface area contributed by atoms with E-state index in [1.807, 2.05) is 20.8 Å². The third-order valence-corrected chi connectivity index (χ3v) is 10.3. The van der Waals surface area contributed by atoms with Crippen molar-refractivity contribution < 1.29 is 38.3 Å². The van der Waals surface area contributed by atoms with Gasteiger partial charge in [-0.3, -0.25) is 28.8 Å². The third-order valence-electron chi connectivity index (χ3n) is 10.3. The molecule has 4 N–H and O–H groups in total. The van der Waals surface area contributed by atoms with Crippen LogP contribution in [0, 0.1) is 22.7 Å². The molecule has 1 aliphatic carbocycles. The van der Waals surface area contributed by atoms with E-state index in [1.54, 1.807) is 95.5 Å². The maximum Gasteiger partial charge on any atom is 0.413 e. The van der Waals surface area contributed by atoms with Crippen LogP contribution in [0.4, 0.5) is 4.79 Å². The lowest BCUT2D eigenvalue weighted by atomic mass is 9.85. The molecular formula is C40H54N6O8. The zero-order valence-corrected chi connectivity index (χ0v) is 32.4. The molecule has 6 atom stereocenters. The average molecular weight is 747 g/mol. The number of fused-ring (bicyclic) bond motifs is 1. The normalized spacial score (nSPS) is 19.9. The van der Waals surface area contributed by atoms with Gasteiger partial charge in [0.25, 0.3) is 5.91 Å². The summed E-state index contributed by atoms with van der Waals surface area (Å²) in [7, 11) is 3.12. The quantitative estimate of drug-likeness (QED) is 0.201. The van der Waals surface area contributed by atoms with E-state index in [-0.39, 0.29) is 36.1 Å². The van der Waals surface area contributed by atoms with Gasteiger partial charge < -0.3 is 35.8 Å². The summed E-state index contributed by atoms with van der Waals surface area (Å²) >= 11 is 0. The van der Waals surface area contributed by atoms with Gasteiger partial charge in [0.05, 0.1) is 12.6 Å². The van der Waals surface area contributed by atoms with Crippen LogP contribution in [0.5, 0.6) is 5.75 Å². The number of likely N-dealkylation sites (N-methyl/N-ethyl adjacent to an activating group) is 1.